The number of imidazole rings is 1. The minimum Gasteiger partial charge on any atom is -0.309 e. The van der Waals surface area contributed by atoms with Crippen LogP contribution in [0, 0.1) is 12.8 Å². The van der Waals surface area contributed by atoms with Crippen LogP contribution in [0.3, 0.4) is 0 Å². The number of fused-ring (bicyclic) bond motifs is 1. The molecule has 1 aliphatic rings. The summed E-state index contributed by atoms with van der Waals surface area (Å²) >= 11 is 6.37. The fraction of sp³-hybridized carbons (Fsp3) is 0.733. The molecule has 110 valence electrons. The number of aryl methyl sites for hydroxylation is 2. The topological polar surface area (TPSA) is 35.6 Å². The zero-order valence-electron chi connectivity index (χ0n) is 12.7. The second-order valence-corrected chi connectivity index (χ2v) is 6.71. The van der Waals surface area contributed by atoms with E-state index in [0.29, 0.717) is 6.04 Å². The average Bonchev–Trinajstić information content (AvgIpc) is 3.02. The number of rotatable bonds is 5. The molecule has 2 aromatic heterocycles. The zero-order chi connectivity index (χ0) is 14.4. The van der Waals surface area contributed by atoms with Crippen molar-refractivity contribution >= 4 is 22.8 Å². The molecular formula is C15H23ClN4. The van der Waals surface area contributed by atoms with Crippen LogP contribution in [0.25, 0.3) is 11.2 Å². The molecule has 2 atom stereocenters. The van der Waals surface area contributed by atoms with Crippen LogP contribution in [0.15, 0.2) is 0 Å². The minimum atomic E-state index is -0.0752. The van der Waals surface area contributed by atoms with Gasteiger partial charge in [0, 0.05) is 12.6 Å². The maximum Gasteiger partial charge on any atom is 0.159 e. The Bertz CT molecular complexity index is 621. The van der Waals surface area contributed by atoms with Crippen molar-refractivity contribution in [2.75, 3.05) is 0 Å². The van der Waals surface area contributed by atoms with E-state index in [2.05, 4.69) is 28.2 Å². The first-order chi connectivity index (χ1) is 9.52. The Balaban J connectivity index is 2.15. The van der Waals surface area contributed by atoms with E-state index in [-0.39, 0.29) is 5.38 Å². The van der Waals surface area contributed by atoms with Crippen LogP contribution in [0.1, 0.15) is 63.0 Å². The lowest BCUT2D eigenvalue weighted by Gasteiger charge is -2.19. The lowest BCUT2D eigenvalue weighted by molar-refractivity contribution is 0.461. The van der Waals surface area contributed by atoms with Crippen LogP contribution in [-0.2, 0) is 6.54 Å². The first-order valence-corrected chi connectivity index (χ1v) is 8.05. The molecule has 0 bridgehead atoms. The van der Waals surface area contributed by atoms with Crippen molar-refractivity contribution in [2.24, 2.45) is 5.92 Å². The van der Waals surface area contributed by atoms with Gasteiger partial charge in [-0.15, -0.1) is 11.6 Å². The van der Waals surface area contributed by atoms with Crippen molar-refractivity contribution in [3.63, 3.8) is 0 Å². The van der Waals surface area contributed by atoms with Crippen molar-refractivity contribution in [2.45, 2.75) is 64.9 Å². The molecule has 5 heteroatoms. The normalized spacial score (nSPS) is 18.6. The summed E-state index contributed by atoms with van der Waals surface area (Å²) in [6.07, 6.45) is 3.97. The first kappa shape index (κ1) is 13.9. The molecule has 0 radical (unpaired) electrons. The fourth-order valence-electron chi connectivity index (χ4n) is 3.08. The van der Waals surface area contributed by atoms with Gasteiger partial charge in [-0.05, 0) is 40.0 Å². The molecule has 0 aromatic carbocycles. The monoisotopic (exact) mass is 294 g/mol. The standard InChI is InChI=1S/C15H23ClN4/c1-5-19-15-13(11(4)18-19)17-14(10(3)16)20(15)9(2)8-12-6-7-12/h9-10,12H,5-8H2,1-4H3. The molecule has 0 amide bonds. The highest BCUT2D eigenvalue weighted by Gasteiger charge is 2.29. The van der Waals surface area contributed by atoms with E-state index in [1.807, 2.05) is 13.8 Å². The third-order valence-corrected chi connectivity index (χ3v) is 4.43. The third-order valence-electron chi connectivity index (χ3n) is 4.24. The molecular weight excluding hydrogens is 272 g/mol. The van der Waals surface area contributed by atoms with Crippen molar-refractivity contribution in [1.82, 2.24) is 19.3 Å². The van der Waals surface area contributed by atoms with Crippen LogP contribution in [0.2, 0.25) is 0 Å². The zero-order valence-corrected chi connectivity index (χ0v) is 13.5. The minimum absolute atomic E-state index is 0.0752. The molecule has 20 heavy (non-hydrogen) atoms. The fourth-order valence-corrected chi connectivity index (χ4v) is 3.24. The van der Waals surface area contributed by atoms with Crippen molar-refractivity contribution < 1.29 is 0 Å². The molecule has 1 fully saturated rings. The van der Waals surface area contributed by atoms with E-state index < -0.39 is 0 Å². The molecule has 4 nitrogen and oxygen atoms in total. The van der Waals surface area contributed by atoms with E-state index in [4.69, 9.17) is 16.6 Å². The predicted molar refractivity (Wildman–Crippen MR) is 82.2 cm³/mol. The van der Waals surface area contributed by atoms with Gasteiger partial charge >= 0.3 is 0 Å². The van der Waals surface area contributed by atoms with E-state index in [9.17, 15) is 0 Å². The maximum atomic E-state index is 6.37. The van der Waals surface area contributed by atoms with Crippen molar-refractivity contribution in [3.05, 3.63) is 11.5 Å². The Hall–Kier alpha value is -1.03. The van der Waals surface area contributed by atoms with Gasteiger partial charge in [0.15, 0.2) is 5.65 Å². The number of halogens is 1. The van der Waals surface area contributed by atoms with Crippen LogP contribution in [0.4, 0.5) is 0 Å². The average molecular weight is 295 g/mol. The molecule has 2 aromatic rings. The molecule has 2 heterocycles. The second-order valence-electron chi connectivity index (χ2n) is 6.06. The van der Waals surface area contributed by atoms with Gasteiger partial charge in [-0.2, -0.15) is 5.10 Å². The smallest absolute Gasteiger partial charge is 0.159 e. The Morgan fingerprint density at radius 3 is 2.60 bits per heavy atom. The van der Waals surface area contributed by atoms with Crippen molar-refractivity contribution in [1.29, 1.82) is 0 Å². The van der Waals surface area contributed by atoms with Crippen LogP contribution < -0.4 is 0 Å². The molecule has 0 N–H and O–H groups in total. The number of hydrogen-bond acceptors (Lipinski definition) is 2. The van der Waals surface area contributed by atoms with Crippen molar-refractivity contribution in [3.8, 4) is 0 Å². The summed E-state index contributed by atoms with van der Waals surface area (Å²) in [4.78, 5) is 4.78. The van der Waals surface area contributed by atoms with Crippen LogP contribution in [-0.4, -0.2) is 19.3 Å². The van der Waals surface area contributed by atoms with E-state index >= 15 is 0 Å². The SMILES string of the molecule is CCn1nc(C)c2nc(C(C)Cl)n(C(C)CC3CC3)c21. The molecule has 0 saturated heterocycles. The Kier molecular flexibility index (Phi) is 3.53. The quantitative estimate of drug-likeness (QED) is 0.774. The summed E-state index contributed by atoms with van der Waals surface area (Å²) < 4.78 is 4.39. The van der Waals surface area contributed by atoms with Gasteiger partial charge in [-0.1, -0.05) is 12.8 Å². The number of aromatic nitrogens is 4. The van der Waals surface area contributed by atoms with Crippen LogP contribution in [0.5, 0.6) is 0 Å². The lowest BCUT2D eigenvalue weighted by atomic mass is 10.1. The summed E-state index contributed by atoms with van der Waals surface area (Å²) in [7, 11) is 0. The Morgan fingerprint density at radius 1 is 1.35 bits per heavy atom. The lowest BCUT2D eigenvalue weighted by Crippen LogP contribution is -2.14. The van der Waals surface area contributed by atoms with Gasteiger partial charge in [0.05, 0.1) is 11.1 Å². The van der Waals surface area contributed by atoms with Gasteiger partial charge in [0.2, 0.25) is 0 Å². The number of nitrogens with zero attached hydrogens (tertiary/aromatic N) is 4. The van der Waals surface area contributed by atoms with E-state index in [1.54, 1.807) is 0 Å². The molecule has 1 saturated carbocycles. The summed E-state index contributed by atoms with van der Waals surface area (Å²) in [5.41, 5.74) is 3.15. The highest BCUT2D eigenvalue weighted by Crippen LogP contribution is 2.39. The number of alkyl halides is 1. The first-order valence-electron chi connectivity index (χ1n) is 7.62. The largest absolute Gasteiger partial charge is 0.309 e. The number of hydrogen-bond donors (Lipinski definition) is 0. The predicted octanol–water partition coefficient (Wildman–Crippen LogP) is 4.22. The van der Waals surface area contributed by atoms with E-state index in [0.717, 1.165) is 35.1 Å². The maximum absolute atomic E-state index is 6.37. The Morgan fingerprint density at radius 2 is 2.05 bits per heavy atom. The third kappa shape index (κ3) is 2.24. The highest BCUT2D eigenvalue weighted by atomic mass is 35.5. The Labute approximate surface area is 125 Å². The van der Waals surface area contributed by atoms with Gasteiger partial charge < -0.3 is 4.57 Å². The van der Waals surface area contributed by atoms with Gasteiger partial charge in [-0.25, -0.2) is 9.67 Å². The van der Waals surface area contributed by atoms with Gasteiger partial charge in [-0.3, -0.25) is 0 Å². The van der Waals surface area contributed by atoms with Crippen LogP contribution >= 0.6 is 11.6 Å². The molecule has 0 spiro atoms. The highest BCUT2D eigenvalue weighted by molar-refractivity contribution is 6.20. The molecule has 3 rings (SSSR count). The molecule has 1 aliphatic carbocycles. The molecule has 2 unspecified atom stereocenters. The van der Waals surface area contributed by atoms with Gasteiger partial charge in [0.25, 0.3) is 0 Å². The van der Waals surface area contributed by atoms with Gasteiger partial charge in [0.1, 0.15) is 11.3 Å². The summed E-state index contributed by atoms with van der Waals surface area (Å²) in [5.74, 6) is 1.87. The van der Waals surface area contributed by atoms with E-state index in [1.165, 1.54) is 19.3 Å². The summed E-state index contributed by atoms with van der Waals surface area (Å²) in [5, 5.41) is 4.52. The summed E-state index contributed by atoms with van der Waals surface area (Å²) in [6, 6.07) is 0.435. The summed E-state index contributed by atoms with van der Waals surface area (Å²) in [6.45, 7) is 9.30. The molecule has 0 aliphatic heterocycles. The second kappa shape index (κ2) is 5.06.